The molecule has 3 rings (SSSR count). The number of ether oxygens (including phenoxy) is 1. The summed E-state index contributed by atoms with van der Waals surface area (Å²) in [4.78, 5) is 0. The maximum Gasteiger partial charge on any atom is 0.124 e. The van der Waals surface area contributed by atoms with Gasteiger partial charge >= 0.3 is 0 Å². The van der Waals surface area contributed by atoms with Crippen molar-refractivity contribution in [3.05, 3.63) is 93.0 Å². The fraction of sp³-hybridized carbons (Fsp3) is 0.182. The number of halogens is 2. The van der Waals surface area contributed by atoms with Crippen molar-refractivity contribution in [1.29, 1.82) is 0 Å². The van der Waals surface area contributed by atoms with E-state index in [1.807, 2.05) is 42.5 Å². The SMILES string of the molecule is Cc1ccc(NCc2cc(Cl)ccc2OCc2ccc(Cl)cc2)cc1C. The van der Waals surface area contributed by atoms with Gasteiger partial charge < -0.3 is 10.1 Å². The molecule has 0 radical (unpaired) electrons. The first-order valence-electron chi connectivity index (χ1n) is 8.48. The molecule has 3 aromatic carbocycles. The molecular weight excluding hydrogens is 365 g/mol. The monoisotopic (exact) mass is 385 g/mol. The highest BCUT2D eigenvalue weighted by Gasteiger charge is 2.06. The van der Waals surface area contributed by atoms with Crippen molar-refractivity contribution >= 4 is 28.9 Å². The Morgan fingerprint density at radius 1 is 0.808 bits per heavy atom. The number of anilines is 1. The van der Waals surface area contributed by atoms with Gasteiger partial charge in [0.25, 0.3) is 0 Å². The summed E-state index contributed by atoms with van der Waals surface area (Å²) in [5.41, 5.74) is 5.71. The van der Waals surface area contributed by atoms with Gasteiger partial charge in [-0.1, -0.05) is 41.4 Å². The van der Waals surface area contributed by atoms with Crippen LogP contribution in [0.15, 0.2) is 60.7 Å². The Bertz CT molecular complexity index is 891. The summed E-state index contributed by atoms with van der Waals surface area (Å²) in [5, 5.41) is 4.86. The Balaban J connectivity index is 1.70. The molecule has 0 saturated heterocycles. The maximum atomic E-state index is 6.18. The van der Waals surface area contributed by atoms with Gasteiger partial charge in [-0.15, -0.1) is 0 Å². The van der Waals surface area contributed by atoms with Crippen LogP contribution in [0, 0.1) is 13.8 Å². The van der Waals surface area contributed by atoms with Crippen molar-refractivity contribution in [3.63, 3.8) is 0 Å². The van der Waals surface area contributed by atoms with Crippen molar-refractivity contribution < 1.29 is 4.74 Å². The zero-order valence-electron chi connectivity index (χ0n) is 14.9. The molecule has 0 aliphatic carbocycles. The predicted octanol–water partition coefficient (Wildman–Crippen LogP) is 6.80. The molecule has 0 heterocycles. The van der Waals surface area contributed by atoms with E-state index in [4.69, 9.17) is 27.9 Å². The molecule has 2 nitrogen and oxygen atoms in total. The summed E-state index contributed by atoms with van der Waals surface area (Å²) in [6, 6.07) is 19.7. The number of benzene rings is 3. The van der Waals surface area contributed by atoms with E-state index in [0.29, 0.717) is 18.2 Å². The number of hydrogen-bond acceptors (Lipinski definition) is 2. The van der Waals surface area contributed by atoms with E-state index in [2.05, 4.69) is 37.4 Å². The summed E-state index contributed by atoms with van der Waals surface area (Å²) in [6.45, 7) is 5.34. The van der Waals surface area contributed by atoms with Crippen LogP contribution in [0.1, 0.15) is 22.3 Å². The van der Waals surface area contributed by atoms with Crippen LogP contribution < -0.4 is 10.1 Å². The minimum atomic E-state index is 0.482. The van der Waals surface area contributed by atoms with Crippen LogP contribution in [0.5, 0.6) is 5.75 Å². The van der Waals surface area contributed by atoms with Crippen molar-refractivity contribution in [2.24, 2.45) is 0 Å². The molecule has 0 atom stereocenters. The highest BCUT2D eigenvalue weighted by Crippen LogP contribution is 2.25. The van der Waals surface area contributed by atoms with E-state index in [-0.39, 0.29) is 0 Å². The fourth-order valence-corrected chi connectivity index (χ4v) is 2.94. The number of hydrogen-bond donors (Lipinski definition) is 1. The molecule has 0 aliphatic heterocycles. The molecule has 134 valence electrons. The predicted molar refractivity (Wildman–Crippen MR) is 110 cm³/mol. The van der Waals surface area contributed by atoms with E-state index in [1.165, 1.54) is 11.1 Å². The normalized spacial score (nSPS) is 10.6. The smallest absolute Gasteiger partial charge is 0.124 e. The van der Waals surface area contributed by atoms with Gasteiger partial charge in [0.2, 0.25) is 0 Å². The Morgan fingerprint density at radius 2 is 1.54 bits per heavy atom. The molecule has 26 heavy (non-hydrogen) atoms. The highest BCUT2D eigenvalue weighted by molar-refractivity contribution is 6.30. The van der Waals surface area contributed by atoms with Crippen LogP contribution in [0.4, 0.5) is 5.69 Å². The van der Waals surface area contributed by atoms with Gasteiger partial charge in [0.15, 0.2) is 0 Å². The number of rotatable bonds is 6. The van der Waals surface area contributed by atoms with E-state index >= 15 is 0 Å². The van der Waals surface area contributed by atoms with Crippen molar-refractivity contribution in [2.75, 3.05) is 5.32 Å². The molecule has 0 saturated carbocycles. The summed E-state index contributed by atoms with van der Waals surface area (Å²) < 4.78 is 6.01. The van der Waals surface area contributed by atoms with Crippen LogP contribution >= 0.6 is 23.2 Å². The lowest BCUT2D eigenvalue weighted by Crippen LogP contribution is -2.04. The Kier molecular flexibility index (Phi) is 6.08. The van der Waals surface area contributed by atoms with Crippen molar-refractivity contribution in [3.8, 4) is 5.75 Å². The largest absolute Gasteiger partial charge is 0.489 e. The lowest BCUT2D eigenvalue weighted by atomic mass is 10.1. The second-order valence-corrected chi connectivity index (χ2v) is 7.19. The van der Waals surface area contributed by atoms with Crippen LogP contribution in [0.25, 0.3) is 0 Å². The topological polar surface area (TPSA) is 21.3 Å². The maximum absolute atomic E-state index is 6.18. The zero-order chi connectivity index (χ0) is 18.5. The Labute approximate surface area is 164 Å². The molecule has 0 amide bonds. The highest BCUT2D eigenvalue weighted by atomic mass is 35.5. The van der Waals surface area contributed by atoms with Crippen LogP contribution in [0.2, 0.25) is 10.0 Å². The molecule has 4 heteroatoms. The van der Waals surface area contributed by atoms with Crippen LogP contribution in [-0.2, 0) is 13.2 Å². The van der Waals surface area contributed by atoms with Gasteiger partial charge in [0, 0.05) is 27.8 Å². The standard InChI is InChI=1S/C22H21Cl2NO/c1-15-3-9-21(11-16(15)2)25-13-18-12-20(24)8-10-22(18)26-14-17-4-6-19(23)7-5-17/h3-12,25H,13-14H2,1-2H3. The Morgan fingerprint density at radius 3 is 2.27 bits per heavy atom. The second kappa shape index (κ2) is 8.48. The molecule has 0 aromatic heterocycles. The summed E-state index contributed by atoms with van der Waals surface area (Å²) in [6.07, 6.45) is 0. The summed E-state index contributed by atoms with van der Waals surface area (Å²) in [5.74, 6) is 0.820. The number of aryl methyl sites for hydroxylation is 2. The first kappa shape index (κ1) is 18.6. The van der Waals surface area contributed by atoms with Gasteiger partial charge in [-0.3, -0.25) is 0 Å². The fourth-order valence-electron chi connectivity index (χ4n) is 2.62. The van der Waals surface area contributed by atoms with Gasteiger partial charge in [-0.25, -0.2) is 0 Å². The molecule has 3 aromatic rings. The first-order valence-corrected chi connectivity index (χ1v) is 9.23. The van der Waals surface area contributed by atoms with E-state index < -0.39 is 0 Å². The Hall–Kier alpha value is -2.16. The van der Waals surface area contributed by atoms with Gasteiger partial charge in [-0.2, -0.15) is 0 Å². The molecule has 1 N–H and O–H groups in total. The van der Waals surface area contributed by atoms with Gasteiger partial charge in [-0.05, 0) is 73.0 Å². The number of nitrogens with one attached hydrogen (secondary N) is 1. The lowest BCUT2D eigenvalue weighted by Gasteiger charge is -2.14. The molecule has 0 unspecified atom stereocenters. The lowest BCUT2D eigenvalue weighted by molar-refractivity contribution is 0.303. The van der Waals surface area contributed by atoms with Gasteiger partial charge in [0.05, 0.1) is 0 Å². The quantitative estimate of drug-likeness (QED) is 0.503. The van der Waals surface area contributed by atoms with E-state index in [0.717, 1.165) is 27.6 Å². The first-order chi connectivity index (χ1) is 12.5. The third-order valence-electron chi connectivity index (χ3n) is 4.32. The average molecular weight is 386 g/mol. The van der Waals surface area contributed by atoms with Crippen molar-refractivity contribution in [1.82, 2.24) is 0 Å². The molecule has 0 bridgehead atoms. The van der Waals surface area contributed by atoms with E-state index in [9.17, 15) is 0 Å². The minimum Gasteiger partial charge on any atom is -0.489 e. The van der Waals surface area contributed by atoms with Crippen LogP contribution in [-0.4, -0.2) is 0 Å². The molecule has 0 spiro atoms. The second-order valence-electron chi connectivity index (χ2n) is 6.32. The van der Waals surface area contributed by atoms with E-state index in [1.54, 1.807) is 0 Å². The summed E-state index contributed by atoms with van der Waals surface area (Å²) in [7, 11) is 0. The molecule has 0 fully saturated rings. The molecule has 0 aliphatic rings. The zero-order valence-corrected chi connectivity index (χ0v) is 16.4. The minimum absolute atomic E-state index is 0.482. The summed E-state index contributed by atoms with van der Waals surface area (Å²) >= 11 is 12.1. The van der Waals surface area contributed by atoms with Crippen LogP contribution in [0.3, 0.4) is 0 Å². The third kappa shape index (κ3) is 4.94. The third-order valence-corrected chi connectivity index (χ3v) is 4.81. The van der Waals surface area contributed by atoms with Crippen molar-refractivity contribution in [2.45, 2.75) is 27.0 Å². The average Bonchev–Trinajstić information content (AvgIpc) is 2.63. The van der Waals surface area contributed by atoms with Gasteiger partial charge in [0.1, 0.15) is 12.4 Å². The molecular formula is C22H21Cl2NO.